The van der Waals surface area contributed by atoms with Gasteiger partial charge in [0.15, 0.2) is 0 Å². The Hall–Kier alpha value is -2.24. The number of hydrogen-bond donors (Lipinski definition) is 1. The van der Waals surface area contributed by atoms with E-state index < -0.39 is 0 Å². The molecule has 24 heavy (non-hydrogen) atoms. The Morgan fingerprint density at radius 3 is 2.62 bits per heavy atom. The minimum atomic E-state index is -0.301. The molecule has 1 N–H and O–H groups in total. The molecule has 1 aromatic carbocycles. The largest absolute Gasteiger partial charge is 0.497 e. The minimum absolute atomic E-state index is 0.175. The summed E-state index contributed by atoms with van der Waals surface area (Å²) in [5, 5.41) is 2.91. The lowest BCUT2D eigenvalue weighted by Crippen LogP contribution is -2.45. The van der Waals surface area contributed by atoms with E-state index in [-0.39, 0.29) is 24.5 Å². The summed E-state index contributed by atoms with van der Waals surface area (Å²) in [6.07, 6.45) is 5.61. The number of esters is 1. The number of carbonyl (C=O) groups excluding carboxylic acids is 2. The van der Waals surface area contributed by atoms with E-state index >= 15 is 0 Å². The van der Waals surface area contributed by atoms with E-state index in [4.69, 9.17) is 9.47 Å². The molecule has 132 valence electrons. The number of anilines is 1. The maximum absolute atomic E-state index is 12.7. The minimum Gasteiger partial charge on any atom is -0.497 e. The van der Waals surface area contributed by atoms with E-state index in [0.29, 0.717) is 18.0 Å². The predicted molar refractivity (Wildman–Crippen MR) is 92.2 cm³/mol. The van der Waals surface area contributed by atoms with E-state index in [1.54, 1.807) is 18.1 Å². The van der Waals surface area contributed by atoms with E-state index in [1.807, 2.05) is 18.2 Å². The molecular weight excluding hydrogens is 308 g/mol. The van der Waals surface area contributed by atoms with E-state index in [1.165, 1.54) is 13.5 Å². The normalized spacial score (nSPS) is 14.8. The smallest absolute Gasteiger partial charge is 0.322 e. The zero-order chi connectivity index (χ0) is 17.4. The summed E-state index contributed by atoms with van der Waals surface area (Å²) < 4.78 is 9.88. The fourth-order valence-corrected chi connectivity index (χ4v) is 3.05. The summed E-state index contributed by atoms with van der Waals surface area (Å²) in [5.41, 5.74) is 0.679. The summed E-state index contributed by atoms with van der Waals surface area (Å²) in [6.45, 7) is 0.368. The zero-order valence-corrected chi connectivity index (χ0v) is 14.4. The second-order valence-corrected chi connectivity index (χ2v) is 5.97. The summed E-state index contributed by atoms with van der Waals surface area (Å²) in [6, 6.07) is 7.24. The van der Waals surface area contributed by atoms with Crippen molar-refractivity contribution in [3.8, 4) is 5.75 Å². The molecule has 1 saturated carbocycles. The molecule has 2 amide bonds. The summed E-state index contributed by atoms with van der Waals surface area (Å²) in [5.74, 6) is 0.386. The van der Waals surface area contributed by atoms with Crippen LogP contribution in [-0.2, 0) is 9.53 Å². The fourth-order valence-electron chi connectivity index (χ4n) is 3.05. The Labute approximate surface area is 143 Å². The van der Waals surface area contributed by atoms with Crippen LogP contribution >= 0.6 is 0 Å². The average molecular weight is 334 g/mol. The van der Waals surface area contributed by atoms with Crippen LogP contribution in [0.25, 0.3) is 0 Å². The van der Waals surface area contributed by atoms with Crippen molar-refractivity contribution in [3.05, 3.63) is 24.3 Å². The molecule has 0 aliphatic heterocycles. The Bertz CT molecular complexity index is 556. The standard InChI is InChI=1S/C18H26N2O4/c1-23-16-10-6-7-14(13-16)19-18(22)20(12-11-17(21)24-2)15-8-4-3-5-9-15/h6-7,10,13,15H,3-5,8-9,11-12H2,1-2H3,(H,19,22). The molecule has 0 spiro atoms. The summed E-state index contributed by atoms with van der Waals surface area (Å²) in [7, 11) is 2.95. The highest BCUT2D eigenvalue weighted by molar-refractivity contribution is 5.90. The van der Waals surface area contributed by atoms with Crippen molar-refractivity contribution in [1.82, 2.24) is 4.90 Å². The molecule has 1 aliphatic carbocycles. The molecule has 0 heterocycles. The van der Waals surface area contributed by atoms with Crippen LogP contribution in [0.1, 0.15) is 38.5 Å². The number of benzene rings is 1. The monoisotopic (exact) mass is 334 g/mol. The second-order valence-electron chi connectivity index (χ2n) is 5.97. The molecule has 0 unspecified atom stereocenters. The SMILES string of the molecule is COC(=O)CCN(C(=O)Nc1cccc(OC)c1)C1CCCCC1. The lowest BCUT2D eigenvalue weighted by atomic mass is 9.94. The first-order valence-electron chi connectivity index (χ1n) is 8.42. The third-order valence-corrected chi connectivity index (χ3v) is 4.38. The van der Waals surface area contributed by atoms with Crippen LogP contribution in [-0.4, -0.2) is 43.7 Å². The van der Waals surface area contributed by atoms with Gasteiger partial charge in [0, 0.05) is 24.3 Å². The van der Waals surface area contributed by atoms with Crippen LogP contribution in [0.15, 0.2) is 24.3 Å². The Kier molecular flexibility index (Phi) is 6.90. The van der Waals surface area contributed by atoms with E-state index in [0.717, 1.165) is 25.7 Å². The molecule has 0 atom stereocenters. The molecule has 2 rings (SSSR count). The number of nitrogens with zero attached hydrogens (tertiary/aromatic N) is 1. The van der Waals surface area contributed by atoms with Crippen molar-refractivity contribution in [1.29, 1.82) is 0 Å². The van der Waals surface area contributed by atoms with Gasteiger partial charge in [0.1, 0.15) is 5.75 Å². The number of ether oxygens (including phenoxy) is 2. The number of amides is 2. The van der Waals surface area contributed by atoms with Gasteiger partial charge in [0.2, 0.25) is 0 Å². The van der Waals surface area contributed by atoms with Crippen molar-refractivity contribution in [2.75, 3.05) is 26.1 Å². The molecule has 1 fully saturated rings. The number of carbonyl (C=O) groups is 2. The maximum Gasteiger partial charge on any atom is 0.322 e. The maximum atomic E-state index is 12.7. The summed E-state index contributed by atoms with van der Waals surface area (Å²) >= 11 is 0. The Balaban J connectivity index is 2.05. The Morgan fingerprint density at radius 1 is 1.21 bits per heavy atom. The molecule has 1 aliphatic rings. The number of hydrogen-bond acceptors (Lipinski definition) is 4. The van der Waals surface area contributed by atoms with Crippen molar-refractivity contribution < 1.29 is 19.1 Å². The van der Waals surface area contributed by atoms with E-state index in [9.17, 15) is 9.59 Å². The number of methoxy groups -OCH3 is 2. The number of nitrogens with one attached hydrogen (secondary N) is 1. The van der Waals surface area contributed by atoms with Crippen LogP contribution in [0.5, 0.6) is 5.75 Å². The first-order valence-corrected chi connectivity index (χ1v) is 8.42. The van der Waals surface area contributed by atoms with Crippen LogP contribution in [0, 0.1) is 0 Å². The molecule has 0 bridgehead atoms. The quantitative estimate of drug-likeness (QED) is 0.809. The van der Waals surface area contributed by atoms with Gasteiger partial charge >= 0.3 is 12.0 Å². The van der Waals surface area contributed by atoms with Gasteiger partial charge < -0.3 is 19.7 Å². The van der Waals surface area contributed by atoms with Gasteiger partial charge in [-0.1, -0.05) is 25.3 Å². The number of urea groups is 1. The zero-order valence-electron chi connectivity index (χ0n) is 14.4. The highest BCUT2D eigenvalue weighted by Gasteiger charge is 2.26. The van der Waals surface area contributed by atoms with Crippen molar-refractivity contribution in [2.45, 2.75) is 44.6 Å². The topological polar surface area (TPSA) is 67.9 Å². The third-order valence-electron chi connectivity index (χ3n) is 4.38. The first-order chi connectivity index (χ1) is 11.6. The van der Waals surface area contributed by atoms with Crippen LogP contribution < -0.4 is 10.1 Å². The second kappa shape index (κ2) is 9.15. The third kappa shape index (κ3) is 5.15. The molecule has 0 saturated heterocycles. The van der Waals surface area contributed by atoms with Gasteiger partial charge in [-0.2, -0.15) is 0 Å². The van der Waals surface area contributed by atoms with Gasteiger partial charge in [-0.3, -0.25) is 4.79 Å². The Morgan fingerprint density at radius 2 is 1.96 bits per heavy atom. The average Bonchev–Trinajstić information content (AvgIpc) is 2.62. The van der Waals surface area contributed by atoms with Crippen LogP contribution in [0.2, 0.25) is 0 Å². The summed E-state index contributed by atoms with van der Waals surface area (Å²) in [4.78, 5) is 26.0. The van der Waals surface area contributed by atoms with Crippen molar-refractivity contribution >= 4 is 17.7 Å². The van der Waals surface area contributed by atoms with Gasteiger partial charge in [-0.05, 0) is 25.0 Å². The predicted octanol–water partition coefficient (Wildman–Crippen LogP) is 3.42. The number of rotatable bonds is 6. The van der Waals surface area contributed by atoms with Crippen LogP contribution in [0.4, 0.5) is 10.5 Å². The van der Waals surface area contributed by atoms with Gasteiger partial charge in [0.25, 0.3) is 0 Å². The first kappa shape index (κ1) is 18.1. The molecule has 6 heteroatoms. The molecule has 6 nitrogen and oxygen atoms in total. The van der Waals surface area contributed by atoms with E-state index in [2.05, 4.69) is 5.32 Å². The highest BCUT2D eigenvalue weighted by atomic mass is 16.5. The molecular formula is C18H26N2O4. The van der Waals surface area contributed by atoms with Gasteiger partial charge in [0.05, 0.1) is 20.6 Å². The molecule has 0 radical (unpaired) electrons. The molecule has 1 aromatic rings. The van der Waals surface area contributed by atoms with Crippen molar-refractivity contribution in [2.24, 2.45) is 0 Å². The lowest BCUT2D eigenvalue weighted by molar-refractivity contribution is -0.140. The van der Waals surface area contributed by atoms with Crippen molar-refractivity contribution in [3.63, 3.8) is 0 Å². The molecule has 0 aromatic heterocycles. The lowest BCUT2D eigenvalue weighted by Gasteiger charge is -2.34. The fraction of sp³-hybridized carbons (Fsp3) is 0.556. The highest BCUT2D eigenvalue weighted by Crippen LogP contribution is 2.24. The van der Waals surface area contributed by atoms with Crippen LogP contribution in [0.3, 0.4) is 0 Å². The van der Waals surface area contributed by atoms with Gasteiger partial charge in [-0.15, -0.1) is 0 Å². The van der Waals surface area contributed by atoms with Gasteiger partial charge in [-0.25, -0.2) is 4.79 Å².